The first-order valence-corrected chi connectivity index (χ1v) is 9.36. The summed E-state index contributed by atoms with van der Waals surface area (Å²) in [4.78, 5) is 28.2. The van der Waals surface area contributed by atoms with Crippen molar-refractivity contribution in [1.29, 1.82) is 0 Å². The van der Waals surface area contributed by atoms with Gasteiger partial charge in [0.25, 0.3) is 0 Å². The van der Waals surface area contributed by atoms with Gasteiger partial charge in [0.1, 0.15) is 5.82 Å². The summed E-state index contributed by atoms with van der Waals surface area (Å²) in [6.07, 6.45) is 4.09. The molecule has 3 amide bonds. The minimum Gasteiger partial charge on any atom is -0.335 e. The van der Waals surface area contributed by atoms with Gasteiger partial charge in [-0.1, -0.05) is 36.7 Å². The summed E-state index contributed by atoms with van der Waals surface area (Å²) >= 11 is 1.09. The van der Waals surface area contributed by atoms with Crippen LogP contribution in [0.4, 0.5) is 9.18 Å². The molecule has 1 aromatic heterocycles. The summed E-state index contributed by atoms with van der Waals surface area (Å²) in [6.45, 7) is 1.65. The fourth-order valence-corrected chi connectivity index (χ4v) is 3.51. The Morgan fingerprint density at radius 2 is 2.04 bits per heavy atom. The highest BCUT2D eigenvalue weighted by Crippen LogP contribution is 2.24. The second-order valence-electron chi connectivity index (χ2n) is 6.15. The number of aromatic nitrogens is 3. The first-order valence-electron chi connectivity index (χ1n) is 8.48. The number of amides is 3. The van der Waals surface area contributed by atoms with Crippen molar-refractivity contribution in [1.82, 2.24) is 25.8 Å². The summed E-state index contributed by atoms with van der Waals surface area (Å²) in [5, 5.41) is 11.5. The molecule has 1 aliphatic rings. The van der Waals surface area contributed by atoms with Crippen LogP contribution in [0.5, 0.6) is 0 Å². The van der Waals surface area contributed by atoms with Gasteiger partial charge in [-0.05, 0) is 31.9 Å². The number of imide groups is 1. The van der Waals surface area contributed by atoms with E-state index in [4.69, 9.17) is 0 Å². The Labute approximate surface area is 154 Å². The number of carbonyl (C=O) groups is 2. The van der Waals surface area contributed by atoms with Gasteiger partial charge in [0.05, 0.1) is 10.8 Å². The molecule has 3 N–H and O–H groups in total. The van der Waals surface area contributed by atoms with Crippen LogP contribution < -0.4 is 10.6 Å². The molecule has 0 aliphatic heterocycles. The number of rotatable bonds is 5. The van der Waals surface area contributed by atoms with E-state index in [1.165, 1.54) is 6.07 Å². The Morgan fingerprint density at radius 1 is 1.31 bits per heavy atom. The number of thioether (sulfide) groups is 1. The van der Waals surface area contributed by atoms with E-state index in [9.17, 15) is 14.0 Å². The predicted octanol–water partition coefficient (Wildman–Crippen LogP) is 2.86. The van der Waals surface area contributed by atoms with Gasteiger partial charge < -0.3 is 5.32 Å². The lowest BCUT2D eigenvalue weighted by molar-refractivity contribution is -0.119. The van der Waals surface area contributed by atoms with E-state index < -0.39 is 23.0 Å². The Bertz CT molecular complexity index is 791. The largest absolute Gasteiger partial charge is 0.335 e. The highest BCUT2D eigenvalue weighted by molar-refractivity contribution is 8.00. The Kier molecular flexibility index (Phi) is 5.87. The van der Waals surface area contributed by atoms with E-state index in [1.807, 2.05) is 0 Å². The number of H-pyrrole nitrogens is 1. The smallest absolute Gasteiger partial charge is 0.321 e. The maximum Gasteiger partial charge on any atom is 0.321 e. The fraction of sp³-hybridized carbons (Fsp3) is 0.412. The maximum absolute atomic E-state index is 13.8. The summed E-state index contributed by atoms with van der Waals surface area (Å²) in [6, 6.07) is 5.89. The van der Waals surface area contributed by atoms with Gasteiger partial charge in [-0.15, -0.1) is 5.10 Å². The first kappa shape index (κ1) is 18.4. The Hall–Kier alpha value is -2.42. The third-order valence-electron chi connectivity index (χ3n) is 4.17. The molecule has 0 spiro atoms. The van der Waals surface area contributed by atoms with Crippen LogP contribution in [0.3, 0.4) is 0 Å². The average Bonchev–Trinajstić information content (AvgIpc) is 3.27. The number of nitrogens with one attached hydrogen (secondary N) is 3. The number of nitrogens with zero attached hydrogens (tertiary/aromatic N) is 2. The molecule has 1 heterocycles. The van der Waals surface area contributed by atoms with Crippen molar-refractivity contribution >= 4 is 23.7 Å². The van der Waals surface area contributed by atoms with Gasteiger partial charge in [-0.3, -0.25) is 15.2 Å². The highest BCUT2D eigenvalue weighted by Gasteiger charge is 2.22. The third-order valence-corrected chi connectivity index (χ3v) is 5.13. The SMILES string of the molecule is C[C@H](Sc1n[nH]c(-c2ccccc2F)n1)C(=O)NC(=O)NC1CCCC1. The molecule has 0 saturated heterocycles. The number of halogens is 1. The number of hydrogen-bond donors (Lipinski definition) is 3. The average molecular weight is 377 g/mol. The monoisotopic (exact) mass is 377 g/mol. The highest BCUT2D eigenvalue weighted by atomic mass is 32.2. The quantitative estimate of drug-likeness (QED) is 0.696. The molecule has 9 heteroatoms. The molecule has 0 bridgehead atoms. The van der Waals surface area contributed by atoms with Gasteiger partial charge in [-0.25, -0.2) is 14.2 Å². The molecule has 1 fully saturated rings. The molecule has 0 unspecified atom stereocenters. The van der Waals surface area contributed by atoms with Crippen molar-refractivity contribution in [3.8, 4) is 11.4 Å². The van der Waals surface area contributed by atoms with Gasteiger partial charge in [0.2, 0.25) is 11.1 Å². The fourth-order valence-electron chi connectivity index (χ4n) is 2.79. The molecule has 138 valence electrons. The zero-order valence-corrected chi connectivity index (χ0v) is 15.1. The minimum absolute atomic E-state index is 0.141. The van der Waals surface area contributed by atoms with E-state index >= 15 is 0 Å². The summed E-state index contributed by atoms with van der Waals surface area (Å²) < 4.78 is 13.8. The van der Waals surface area contributed by atoms with E-state index in [-0.39, 0.29) is 11.9 Å². The number of carbonyl (C=O) groups excluding carboxylic acids is 2. The molecule has 7 nitrogen and oxygen atoms in total. The number of hydrogen-bond acceptors (Lipinski definition) is 5. The second-order valence-corrected chi connectivity index (χ2v) is 7.46. The summed E-state index contributed by atoms with van der Waals surface area (Å²) in [5.74, 6) is -0.547. The molecular formula is C17H20FN5O2S. The molecule has 0 radical (unpaired) electrons. The molecule has 3 rings (SSSR count). The van der Waals surface area contributed by atoms with Crippen molar-refractivity contribution < 1.29 is 14.0 Å². The molecule has 1 aromatic carbocycles. The molecule has 26 heavy (non-hydrogen) atoms. The van der Waals surface area contributed by atoms with Gasteiger partial charge in [0.15, 0.2) is 5.82 Å². The number of urea groups is 1. The van der Waals surface area contributed by atoms with Gasteiger partial charge >= 0.3 is 6.03 Å². The first-order chi connectivity index (χ1) is 12.5. The van der Waals surface area contributed by atoms with Crippen LogP contribution in [0, 0.1) is 5.82 Å². The van der Waals surface area contributed by atoms with Crippen molar-refractivity contribution in [3.05, 3.63) is 30.1 Å². The molecule has 1 saturated carbocycles. The summed E-state index contributed by atoms with van der Waals surface area (Å²) in [5.41, 5.74) is 0.305. The normalized spacial score (nSPS) is 15.6. The third kappa shape index (κ3) is 4.60. The topological polar surface area (TPSA) is 99.8 Å². The molecule has 2 aromatic rings. The van der Waals surface area contributed by atoms with Crippen molar-refractivity contribution in [3.63, 3.8) is 0 Å². The van der Waals surface area contributed by atoms with Crippen LogP contribution in [-0.4, -0.2) is 38.4 Å². The van der Waals surface area contributed by atoms with Crippen LogP contribution in [-0.2, 0) is 4.79 Å². The van der Waals surface area contributed by atoms with E-state index in [0.29, 0.717) is 10.7 Å². The Morgan fingerprint density at radius 3 is 2.77 bits per heavy atom. The number of aromatic amines is 1. The maximum atomic E-state index is 13.8. The lowest BCUT2D eigenvalue weighted by Gasteiger charge is -2.14. The van der Waals surface area contributed by atoms with E-state index in [0.717, 1.165) is 37.4 Å². The van der Waals surface area contributed by atoms with E-state index in [2.05, 4.69) is 25.8 Å². The minimum atomic E-state index is -0.575. The summed E-state index contributed by atoms with van der Waals surface area (Å²) in [7, 11) is 0. The molecule has 1 aliphatic carbocycles. The van der Waals surface area contributed by atoms with Crippen LogP contribution in [0.15, 0.2) is 29.4 Å². The zero-order chi connectivity index (χ0) is 18.5. The van der Waals surface area contributed by atoms with Crippen LogP contribution in [0.1, 0.15) is 32.6 Å². The lowest BCUT2D eigenvalue weighted by atomic mass is 10.2. The van der Waals surface area contributed by atoms with Gasteiger partial charge in [0, 0.05) is 6.04 Å². The molecule has 1 atom stereocenters. The second kappa shape index (κ2) is 8.31. The van der Waals surface area contributed by atoms with Crippen LogP contribution in [0.2, 0.25) is 0 Å². The van der Waals surface area contributed by atoms with Crippen LogP contribution >= 0.6 is 11.8 Å². The van der Waals surface area contributed by atoms with Crippen molar-refractivity contribution in [2.75, 3.05) is 0 Å². The lowest BCUT2D eigenvalue weighted by Crippen LogP contribution is -2.45. The molecular weight excluding hydrogens is 357 g/mol. The standard InChI is InChI=1S/C17H20FN5O2S/c1-10(15(24)21-16(25)19-11-6-2-3-7-11)26-17-20-14(22-23-17)12-8-4-5-9-13(12)18/h4-5,8-11H,2-3,6-7H2,1H3,(H,20,22,23)(H2,19,21,24,25)/t10-/m0/s1. The zero-order valence-electron chi connectivity index (χ0n) is 14.3. The van der Waals surface area contributed by atoms with Crippen molar-refractivity contribution in [2.45, 2.75) is 49.1 Å². The van der Waals surface area contributed by atoms with Gasteiger partial charge in [-0.2, -0.15) is 0 Å². The Balaban J connectivity index is 1.54. The predicted molar refractivity (Wildman–Crippen MR) is 96.0 cm³/mol. The van der Waals surface area contributed by atoms with E-state index in [1.54, 1.807) is 25.1 Å². The van der Waals surface area contributed by atoms with Crippen LogP contribution in [0.25, 0.3) is 11.4 Å². The van der Waals surface area contributed by atoms with Crippen molar-refractivity contribution in [2.24, 2.45) is 0 Å². The number of benzene rings is 1.